The molecule has 2 N–H and O–H groups in total. The van der Waals surface area contributed by atoms with Gasteiger partial charge < -0.3 is 5.73 Å². The highest BCUT2D eigenvalue weighted by molar-refractivity contribution is 7.89. The number of hydrogen-bond acceptors (Lipinski definition) is 4. The number of hydrogen-bond donors (Lipinski definition) is 1. The molecule has 0 atom stereocenters. The summed E-state index contributed by atoms with van der Waals surface area (Å²) in [7, 11) is -3.68. The molecule has 0 saturated carbocycles. The summed E-state index contributed by atoms with van der Waals surface area (Å²) in [5.74, 6) is 0. The van der Waals surface area contributed by atoms with E-state index in [-0.39, 0.29) is 10.6 Å². The predicted molar refractivity (Wildman–Crippen MR) is 64.9 cm³/mol. The maximum atomic E-state index is 12.2. The summed E-state index contributed by atoms with van der Waals surface area (Å²) < 4.78 is 25.4. The molecule has 5 nitrogen and oxygen atoms in total. The number of benzene rings is 1. The lowest BCUT2D eigenvalue weighted by Crippen LogP contribution is -2.36. The van der Waals surface area contributed by atoms with Crippen molar-refractivity contribution in [3.63, 3.8) is 0 Å². The van der Waals surface area contributed by atoms with Crippen LogP contribution in [0, 0.1) is 0 Å². The molecule has 1 aromatic carbocycles. The molecule has 1 fully saturated rings. The van der Waals surface area contributed by atoms with Crippen molar-refractivity contribution in [2.75, 3.05) is 18.9 Å². The van der Waals surface area contributed by atoms with Gasteiger partial charge in [0.05, 0.1) is 12.3 Å². The first kappa shape index (κ1) is 12.6. The number of halogens is 1. The van der Waals surface area contributed by atoms with E-state index in [9.17, 15) is 8.42 Å². The third-order valence-electron chi connectivity index (χ3n) is 2.49. The van der Waals surface area contributed by atoms with Crippen LogP contribution in [-0.2, 0) is 14.9 Å². The minimum atomic E-state index is -3.68. The van der Waals surface area contributed by atoms with Gasteiger partial charge in [0.25, 0.3) is 10.0 Å². The summed E-state index contributed by atoms with van der Waals surface area (Å²) in [5, 5.41) is 0.404. The molecule has 1 aromatic rings. The average molecular weight is 277 g/mol. The van der Waals surface area contributed by atoms with Gasteiger partial charge in [-0.2, -0.15) is 0 Å². The van der Waals surface area contributed by atoms with Gasteiger partial charge in [-0.05, 0) is 31.0 Å². The van der Waals surface area contributed by atoms with Gasteiger partial charge in [0.15, 0.2) is 0 Å². The van der Waals surface area contributed by atoms with Gasteiger partial charge in [-0.3, -0.25) is 4.84 Å². The number of nitrogens with two attached hydrogens (primary N) is 1. The Morgan fingerprint density at radius 2 is 2.12 bits per heavy atom. The summed E-state index contributed by atoms with van der Waals surface area (Å²) in [4.78, 5) is 5.17. The van der Waals surface area contributed by atoms with Crippen LogP contribution in [-0.4, -0.2) is 26.0 Å². The first-order valence-corrected chi connectivity index (χ1v) is 7.04. The third-order valence-corrected chi connectivity index (χ3v) is 4.47. The van der Waals surface area contributed by atoms with Gasteiger partial charge >= 0.3 is 0 Å². The highest BCUT2D eigenvalue weighted by Gasteiger charge is 2.29. The van der Waals surface area contributed by atoms with E-state index >= 15 is 0 Å². The maximum absolute atomic E-state index is 12.2. The average Bonchev–Trinajstić information content (AvgIpc) is 2.29. The molecule has 0 aromatic heterocycles. The van der Waals surface area contributed by atoms with E-state index in [0.717, 1.165) is 17.3 Å². The number of nitrogen functional groups attached to an aromatic ring is 1. The fraction of sp³-hybridized carbons (Fsp3) is 0.400. The molecule has 7 heteroatoms. The molecule has 0 bridgehead atoms. The van der Waals surface area contributed by atoms with E-state index in [0.29, 0.717) is 18.2 Å². The van der Waals surface area contributed by atoms with Crippen LogP contribution in [0.25, 0.3) is 0 Å². The molecule has 17 heavy (non-hydrogen) atoms. The van der Waals surface area contributed by atoms with Gasteiger partial charge in [-0.25, -0.2) is 8.42 Å². The van der Waals surface area contributed by atoms with Crippen LogP contribution in [0.1, 0.15) is 12.8 Å². The fourth-order valence-corrected chi connectivity index (χ4v) is 3.21. The Bertz CT molecular complexity index is 512. The molecule has 1 aliphatic heterocycles. The van der Waals surface area contributed by atoms with Crippen LogP contribution in [0.2, 0.25) is 5.02 Å². The summed E-state index contributed by atoms with van der Waals surface area (Å²) >= 11 is 5.73. The van der Waals surface area contributed by atoms with Crippen molar-refractivity contribution in [2.45, 2.75) is 17.7 Å². The number of hydroxylamine groups is 1. The lowest BCUT2D eigenvalue weighted by Gasteiger charge is -2.25. The number of nitrogens with zero attached hydrogens (tertiary/aromatic N) is 1. The molecular formula is C10H13ClN2O3S. The molecule has 1 saturated heterocycles. The van der Waals surface area contributed by atoms with Crippen molar-refractivity contribution >= 4 is 27.3 Å². The lowest BCUT2D eigenvalue weighted by molar-refractivity contribution is -0.108. The summed E-state index contributed by atoms with van der Waals surface area (Å²) in [6.45, 7) is 0.761. The second kappa shape index (κ2) is 4.81. The normalized spacial score (nSPS) is 18.2. The monoisotopic (exact) mass is 276 g/mol. The SMILES string of the molecule is Nc1cc(Cl)ccc1S(=O)(=O)N1CCCCO1. The van der Waals surface area contributed by atoms with Crippen LogP contribution in [0.15, 0.2) is 23.1 Å². The van der Waals surface area contributed by atoms with E-state index in [1.807, 2.05) is 0 Å². The summed E-state index contributed by atoms with van der Waals surface area (Å²) in [6, 6.07) is 4.30. The second-order valence-electron chi connectivity index (χ2n) is 3.75. The van der Waals surface area contributed by atoms with Crippen molar-refractivity contribution in [2.24, 2.45) is 0 Å². The molecular weight excluding hydrogens is 264 g/mol. The maximum Gasteiger partial charge on any atom is 0.267 e. The molecule has 0 radical (unpaired) electrons. The van der Waals surface area contributed by atoms with Gasteiger partial charge in [0.2, 0.25) is 0 Å². The van der Waals surface area contributed by atoms with E-state index in [4.69, 9.17) is 22.2 Å². The minimum absolute atomic E-state index is 0.0313. The van der Waals surface area contributed by atoms with E-state index < -0.39 is 10.0 Å². The Hall–Kier alpha value is -0.820. The molecule has 2 rings (SSSR count). The van der Waals surface area contributed by atoms with Gasteiger partial charge in [-0.1, -0.05) is 16.1 Å². The smallest absolute Gasteiger partial charge is 0.267 e. The second-order valence-corrected chi connectivity index (χ2v) is 5.99. The molecule has 0 aliphatic carbocycles. The Morgan fingerprint density at radius 3 is 2.71 bits per heavy atom. The third kappa shape index (κ3) is 2.55. The predicted octanol–water partition coefficient (Wildman–Crippen LogP) is 1.64. The van der Waals surface area contributed by atoms with Crippen LogP contribution in [0.4, 0.5) is 5.69 Å². The Balaban J connectivity index is 2.37. The van der Waals surface area contributed by atoms with Gasteiger partial charge in [-0.15, -0.1) is 0 Å². The molecule has 94 valence electrons. The zero-order valence-corrected chi connectivity index (χ0v) is 10.7. The standard InChI is InChI=1S/C10H13ClN2O3S/c11-8-3-4-10(9(12)7-8)17(14,15)13-5-1-2-6-16-13/h3-4,7H,1-2,5-6,12H2. The lowest BCUT2D eigenvalue weighted by atomic mass is 10.3. The van der Waals surface area contributed by atoms with Crippen molar-refractivity contribution in [1.82, 2.24) is 4.47 Å². The van der Waals surface area contributed by atoms with Crippen molar-refractivity contribution in [3.8, 4) is 0 Å². The van der Waals surface area contributed by atoms with Crippen molar-refractivity contribution < 1.29 is 13.3 Å². The first-order chi connectivity index (χ1) is 8.01. The first-order valence-electron chi connectivity index (χ1n) is 5.22. The molecule has 1 aliphatic rings. The Labute approximate surface area is 105 Å². The number of rotatable bonds is 2. The zero-order valence-electron chi connectivity index (χ0n) is 9.10. The zero-order chi connectivity index (χ0) is 12.5. The van der Waals surface area contributed by atoms with Crippen LogP contribution in [0.3, 0.4) is 0 Å². The number of sulfonamides is 1. The van der Waals surface area contributed by atoms with Crippen LogP contribution in [0.5, 0.6) is 0 Å². The topological polar surface area (TPSA) is 72.6 Å². The Kier molecular flexibility index (Phi) is 3.58. The summed E-state index contributed by atoms with van der Waals surface area (Å²) in [5.41, 5.74) is 5.80. The van der Waals surface area contributed by atoms with Crippen LogP contribution >= 0.6 is 11.6 Å². The Morgan fingerprint density at radius 1 is 1.35 bits per heavy atom. The van der Waals surface area contributed by atoms with Gasteiger partial charge in [0, 0.05) is 11.6 Å². The van der Waals surface area contributed by atoms with E-state index in [1.165, 1.54) is 18.2 Å². The quantitative estimate of drug-likeness (QED) is 0.834. The summed E-state index contributed by atoms with van der Waals surface area (Å²) in [6.07, 6.45) is 1.65. The fourth-order valence-electron chi connectivity index (χ4n) is 1.63. The van der Waals surface area contributed by atoms with Gasteiger partial charge in [0.1, 0.15) is 4.90 Å². The minimum Gasteiger partial charge on any atom is -0.398 e. The highest BCUT2D eigenvalue weighted by Crippen LogP contribution is 2.26. The number of anilines is 1. The molecule has 0 amide bonds. The molecule has 1 heterocycles. The van der Waals surface area contributed by atoms with E-state index in [1.54, 1.807) is 0 Å². The van der Waals surface area contributed by atoms with Crippen molar-refractivity contribution in [3.05, 3.63) is 23.2 Å². The molecule has 0 spiro atoms. The highest BCUT2D eigenvalue weighted by atomic mass is 35.5. The van der Waals surface area contributed by atoms with E-state index in [2.05, 4.69) is 0 Å². The van der Waals surface area contributed by atoms with Crippen LogP contribution < -0.4 is 5.73 Å². The molecule has 0 unspecified atom stereocenters. The largest absolute Gasteiger partial charge is 0.398 e. The van der Waals surface area contributed by atoms with Crippen molar-refractivity contribution in [1.29, 1.82) is 0 Å².